The zero-order valence-electron chi connectivity index (χ0n) is 12.8. The molecule has 1 aromatic carbocycles. The van der Waals surface area contributed by atoms with E-state index in [4.69, 9.17) is 4.74 Å². The Labute approximate surface area is 122 Å². The molecule has 4 nitrogen and oxygen atoms in total. The van der Waals surface area contributed by atoms with E-state index in [1.54, 1.807) is 7.11 Å². The van der Waals surface area contributed by atoms with Crippen LogP contribution in [0.1, 0.15) is 44.2 Å². The molecule has 0 radical (unpaired) electrons. The Balaban J connectivity index is 2.69. The fraction of sp³-hybridized carbons (Fsp3) is 0.600. The van der Waals surface area contributed by atoms with E-state index >= 15 is 0 Å². The van der Waals surface area contributed by atoms with Gasteiger partial charge < -0.3 is 4.74 Å². The number of methoxy groups -OCH3 is 1. The van der Waals surface area contributed by atoms with Gasteiger partial charge in [0.2, 0.25) is 10.0 Å². The third-order valence-corrected chi connectivity index (χ3v) is 4.76. The molecule has 20 heavy (non-hydrogen) atoms. The second kappa shape index (κ2) is 7.64. The molecule has 0 fully saturated rings. The van der Waals surface area contributed by atoms with Crippen molar-refractivity contribution in [3.05, 3.63) is 29.3 Å². The van der Waals surface area contributed by atoms with Crippen LogP contribution in [0.4, 0.5) is 0 Å². The smallest absolute Gasteiger partial charge is 0.211 e. The summed E-state index contributed by atoms with van der Waals surface area (Å²) in [6.07, 6.45) is 1.26. The summed E-state index contributed by atoms with van der Waals surface area (Å²) >= 11 is 0. The maximum atomic E-state index is 11.6. The Morgan fingerprint density at radius 1 is 1.30 bits per heavy atom. The molecule has 114 valence electrons. The molecule has 0 aliphatic rings. The number of rotatable bonds is 8. The molecule has 0 amide bonds. The van der Waals surface area contributed by atoms with Crippen molar-refractivity contribution in [2.75, 3.05) is 19.4 Å². The van der Waals surface area contributed by atoms with Crippen LogP contribution in [0.15, 0.2) is 18.2 Å². The Bertz CT molecular complexity index is 524. The first kappa shape index (κ1) is 17.0. The van der Waals surface area contributed by atoms with E-state index in [2.05, 4.69) is 24.6 Å². The monoisotopic (exact) mass is 299 g/mol. The summed E-state index contributed by atoms with van der Waals surface area (Å²) in [5.74, 6) is 1.45. The van der Waals surface area contributed by atoms with E-state index < -0.39 is 10.0 Å². The van der Waals surface area contributed by atoms with Crippen LogP contribution < -0.4 is 9.46 Å². The van der Waals surface area contributed by atoms with Gasteiger partial charge in [0, 0.05) is 6.54 Å². The van der Waals surface area contributed by atoms with Crippen molar-refractivity contribution in [3.63, 3.8) is 0 Å². The molecule has 0 unspecified atom stereocenters. The molecule has 1 aromatic rings. The van der Waals surface area contributed by atoms with Crippen LogP contribution in [0.5, 0.6) is 5.75 Å². The lowest BCUT2D eigenvalue weighted by Gasteiger charge is -2.13. The average molecular weight is 299 g/mol. The van der Waals surface area contributed by atoms with Gasteiger partial charge in [-0.05, 0) is 36.0 Å². The van der Waals surface area contributed by atoms with Crippen molar-refractivity contribution in [2.24, 2.45) is 0 Å². The van der Waals surface area contributed by atoms with Crippen molar-refractivity contribution in [2.45, 2.75) is 39.5 Å². The van der Waals surface area contributed by atoms with Crippen LogP contribution in [0.3, 0.4) is 0 Å². The number of hydrogen-bond acceptors (Lipinski definition) is 3. The summed E-state index contributed by atoms with van der Waals surface area (Å²) in [5.41, 5.74) is 2.24. The van der Waals surface area contributed by atoms with Gasteiger partial charge in [0.1, 0.15) is 5.75 Å². The van der Waals surface area contributed by atoms with Crippen LogP contribution in [0.2, 0.25) is 0 Å². The topological polar surface area (TPSA) is 55.4 Å². The van der Waals surface area contributed by atoms with Gasteiger partial charge in [-0.15, -0.1) is 0 Å². The van der Waals surface area contributed by atoms with E-state index in [-0.39, 0.29) is 5.75 Å². The van der Waals surface area contributed by atoms with Crippen LogP contribution in [0, 0.1) is 0 Å². The minimum Gasteiger partial charge on any atom is -0.496 e. The molecule has 0 spiro atoms. The molecule has 5 heteroatoms. The molecule has 0 aliphatic heterocycles. The molecular weight excluding hydrogens is 274 g/mol. The maximum Gasteiger partial charge on any atom is 0.211 e. The van der Waals surface area contributed by atoms with Gasteiger partial charge in [0.25, 0.3) is 0 Å². The third kappa shape index (κ3) is 5.13. The fourth-order valence-electron chi connectivity index (χ4n) is 2.01. The lowest BCUT2D eigenvalue weighted by atomic mass is 10.00. The standard InChI is InChI=1S/C15H25NO3S/c1-5-10-20(17,18)16-9-8-13-6-7-14(12(2)3)11-15(13)19-4/h6-7,11-12,16H,5,8-10H2,1-4H3. The van der Waals surface area contributed by atoms with Gasteiger partial charge in [-0.1, -0.05) is 32.9 Å². The molecule has 0 saturated heterocycles. The summed E-state index contributed by atoms with van der Waals surface area (Å²) in [4.78, 5) is 0. The Hall–Kier alpha value is -1.07. The van der Waals surface area contributed by atoms with Crippen molar-refractivity contribution in [1.29, 1.82) is 0 Å². The lowest BCUT2D eigenvalue weighted by Crippen LogP contribution is -2.28. The van der Waals surface area contributed by atoms with Crippen molar-refractivity contribution in [3.8, 4) is 5.75 Å². The normalized spacial score (nSPS) is 11.8. The third-order valence-electron chi connectivity index (χ3n) is 3.17. The predicted molar refractivity (Wildman–Crippen MR) is 82.9 cm³/mol. The summed E-state index contributed by atoms with van der Waals surface area (Å²) in [6.45, 7) is 6.52. The average Bonchev–Trinajstić information content (AvgIpc) is 2.38. The zero-order chi connectivity index (χ0) is 15.2. The molecule has 1 rings (SSSR count). The summed E-state index contributed by atoms with van der Waals surface area (Å²) in [6, 6.07) is 6.12. The maximum absolute atomic E-state index is 11.6. The van der Waals surface area contributed by atoms with Crippen LogP contribution in [0.25, 0.3) is 0 Å². The van der Waals surface area contributed by atoms with Gasteiger partial charge in [-0.3, -0.25) is 0 Å². The van der Waals surface area contributed by atoms with Crippen molar-refractivity contribution >= 4 is 10.0 Å². The summed E-state index contributed by atoms with van der Waals surface area (Å²) in [7, 11) is -1.49. The minimum absolute atomic E-state index is 0.177. The largest absolute Gasteiger partial charge is 0.496 e. The second-order valence-corrected chi connectivity index (χ2v) is 7.12. The van der Waals surface area contributed by atoms with Crippen molar-refractivity contribution < 1.29 is 13.2 Å². The Kier molecular flexibility index (Phi) is 6.49. The van der Waals surface area contributed by atoms with Crippen LogP contribution >= 0.6 is 0 Å². The van der Waals surface area contributed by atoms with Gasteiger partial charge in [0.15, 0.2) is 0 Å². The van der Waals surface area contributed by atoms with E-state index in [9.17, 15) is 8.42 Å². The highest BCUT2D eigenvalue weighted by Crippen LogP contribution is 2.24. The molecule has 0 aliphatic carbocycles. The first-order chi connectivity index (χ1) is 9.39. The lowest BCUT2D eigenvalue weighted by molar-refractivity contribution is 0.408. The first-order valence-electron chi connectivity index (χ1n) is 7.03. The van der Waals surface area contributed by atoms with E-state index in [1.165, 1.54) is 5.56 Å². The molecule has 0 bridgehead atoms. The van der Waals surface area contributed by atoms with E-state index in [0.29, 0.717) is 25.3 Å². The fourth-order valence-corrected chi connectivity index (χ4v) is 3.10. The van der Waals surface area contributed by atoms with Gasteiger partial charge in [-0.25, -0.2) is 13.1 Å². The van der Waals surface area contributed by atoms with Gasteiger partial charge >= 0.3 is 0 Å². The van der Waals surface area contributed by atoms with E-state index in [1.807, 2.05) is 19.1 Å². The highest BCUT2D eigenvalue weighted by Gasteiger charge is 2.10. The number of nitrogens with one attached hydrogen (secondary N) is 1. The quantitative estimate of drug-likeness (QED) is 0.803. The molecule has 0 aromatic heterocycles. The molecule has 0 saturated carbocycles. The molecule has 1 N–H and O–H groups in total. The number of benzene rings is 1. The summed E-state index contributed by atoms with van der Waals surface area (Å²) < 4.78 is 31.2. The van der Waals surface area contributed by atoms with Gasteiger partial charge in [-0.2, -0.15) is 0 Å². The number of hydrogen-bond donors (Lipinski definition) is 1. The Morgan fingerprint density at radius 3 is 2.55 bits per heavy atom. The second-order valence-electron chi connectivity index (χ2n) is 5.19. The molecule has 0 heterocycles. The minimum atomic E-state index is -3.13. The first-order valence-corrected chi connectivity index (χ1v) is 8.69. The molecule has 0 atom stereocenters. The Morgan fingerprint density at radius 2 is 2.00 bits per heavy atom. The molecular formula is C15H25NO3S. The highest BCUT2D eigenvalue weighted by molar-refractivity contribution is 7.89. The van der Waals surface area contributed by atoms with Crippen LogP contribution in [-0.2, 0) is 16.4 Å². The highest BCUT2D eigenvalue weighted by atomic mass is 32.2. The summed E-state index contributed by atoms with van der Waals surface area (Å²) in [5, 5.41) is 0. The van der Waals surface area contributed by atoms with Gasteiger partial charge in [0.05, 0.1) is 12.9 Å². The van der Waals surface area contributed by atoms with Crippen LogP contribution in [-0.4, -0.2) is 27.8 Å². The number of sulfonamides is 1. The predicted octanol–water partition coefficient (Wildman–Crippen LogP) is 2.69. The SMILES string of the molecule is CCCS(=O)(=O)NCCc1ccc(C(C)C)cc1OC. The number of ether oxygens (including phenoxy) is 1. The van der Waals surface area contributed by atoms with Crippen molar-refractivity contribution in [1.82, 2.24) is 4.72 Å². The zero-order valence-corrected chi connectivity index (χ0v) is 13.6. The van der Waals surface area contributed by atoms with E-state index in [0.717, 1.165) is 11.3 Å².